The largest absolute Gasteiger partial charge is 0.358 e. The van der Waals surface area contributed by atoms with Gasteiger partial charge in [-0.3, -0.25) is 4.79 Å². The Kier molecular flexibility index (Phi) is 4.97. The van der Waals surface area contributed by atoms with E-state index < -0.39 is 16.6 Å². The Bertz CT molecular complexity index is 920. The van der Waals surface area contributed by atoms with Gasteiger partial charge in [-0.25, -0.2) is 4.39 Å². The van der Waals surface area contributed by atoms with E-state index in [2.05, 4.69) is 25.7 Å². The fourth-order valence-electron chi connectivity index (χ4n) is 2.19. The molecule has 0 aliphatic carbocycles. The third kappa shape index (κ3) is 3.88. The molecule has 1 amide bonds. The van der Waals surface area contributed by atoms with Crippen LogP contribution < -0.4 is 5.32 Å². The van der Waals surface area contributed by atoms with Crippen molar-refractivity contribution in [1.29, 1.82) is 0 Å². The molecule has 0 bridgehead atoms. The summed E-state index contributed by atoms with van der Waals surface area (Å²) in [6, 6.07) is 5.69. The Labute approximate surface area is 145 Å². The number of aryl methyl sites for hydroxylation is 1. The summed E-state index contributed by atoms with van der Waals surface area (Å²) < 4.78 is 18.0. The van der Waals surface area contributed by atoms with Gasteiger partial charge in [-0.05, 0) is 35.6 Å². The molecular formula is C15H13FN6O4. The van der Waals surface area contributed by atoms with Crippen LogP contribution in [0, 0.1) is 15.9 Å². The number of amides is 1. The van der Waals surface area contributed by atoms with E-state index in [1.54, 1.807) is 12.1 Å². The minimum Gasteiger partial charge on any atom is -0.358 e. The Morgan fingerprint density at radius 3 is 2.85 bits per heavy atom. The average molecular weight is 360 g/mol. The van der Waals surface area contributed by atoms with Crippen LogP contribution in [-0.4, -0.2) is 37.7 Å². The lowest BCUT2D eigenvalue weighted by atomic mass is 10.2. The van der Waals surface area contributed by atoms with Gasteiger partial charge in [-0.1, -0.05) is 10.3 Å². The normalized spacial score (nSPS) is 10.7. The first-order valence-corrected chi connectivity index (χ1v) is 7.59. The van der Waals surface area contributed by atoms with Crippen molar-refractivity contribution in [2.24, 2.45) is 0 Å². The van der Waals surface area contributed by atoms with Gasteiger partial charge in [0.05, 0.1) is 6.20 Å². The molecule has 11 heteroatoms. The van der Waals surface area contributed by atoms with Gasteiger partial charge in [0, 0.05) is 18.5 Å². The van der Waals surface area contributed by atoms with Crippen LogP contribution in [0.5, 0.6) is 0 Å². The zero-order valence-electron chi connectivity index (χ0n) is 13.3. The number of aromatic amines is 1. The molecule has 0 spiro atoms. The highest BCUT2D eigenvalue weighted by atomic mass is 19.1. The van der Waals surface area contributed by atoms with E-state index in [1.807, 2.05) is 0 Å². The third-order valence-electron chi connectivity index (χ3n) is 3.47. The molecule has 0 saturated heterocycles. The van der Waals surface area contributed by atoms with Crippen LogP contribution in [0.4, 0.5) is 10.2 Å². The van der Waals surface area contributed by atoms with E-state index in [0.717, 1.165) is 6.20 Å². The van der Waals surface area contributed by atoms with E-state index in [-0.39, 0.29) is 17.9 Å². The van der Waals surface area contributed by atoms with Gasteiger partial charge in [0.2, 0.25) is 11.7 Å². The van der Waals surface area contributed by atoms with Crippen LogP contribution in [0.15, 0.2) is 35.0 Å². The molecular weight excluding hydrogens is 347 g/mol. The van der Waals surface area contributed by atoms with Gasteiger partial charge in [0.1, 0.15) is 5.82 Å². The van der Waals surface area contributed by atoms with E-state index in [1.165, 1.54) is 12.1 Å². The molecule has 2 N–H and O–H groups in total. The van der Waals surface area contributed by atoms with Crippen LogP contribution >= 0.6 is 0 Å². The summed E-state index contributed by atoms with van der Waals surface area (Å²) in [5, 5.41) is 22.8. The first kappa shape index (κ1) is 17.2. The smallest absolute Gasteiger partial charge is 0.355 e. The van der Waals surface area contributed by atoms with Crippen molar-refractivity contribution >= 4 is 11.7 Å². The summed E-state index contributed by atoms with van der Waals surface area (Å²) >= 11 is 0. The highest BCUT2D eigenvalue weighted by Gasteiger charge is 2.21. The SMILES string of the molecule is O=C(NCCCc1nc(-c2ccc(F)cc2)no1)c1cn[nH]c1[N+](=O)[O-]. The summed E-state index contributed by atoms with van der Waals surface area (Å²) in [6.45, 7) is 0.259. The number of H-pyrrole nitrogens is 1. The third-order valence-corrected chi connectivity index (χ3v) is 3.47. The molecule has 3 rings (SSSR count). The van der Waals surface area contributed by atoms with Gasteiger partial charge >= 0.3 is 5.82 Å². The summed E-state index contributed by atoms with van der Waals surface area (Å²) in [4.78, 5) is 26.1. The Hall–Kier alpha value is -3.63. The maximum absolute atomic E-state index is 12.9. The van der Waals surface area contributed by atoms with Crippen LogP contribution in [0.25, 0.3) is 11.4 Å². The lowest BCUT2D eigenvalue weighted by Crippen LogP contribution is -2.25. The molecule has 0 radical (unpaired) electrons. The number of carbonyl (C=O) groups excluding carboxylic acids is 1. The van der Waals surface area contributed by atoms with E-state index in [4.69, 9.17) is 4.52 Å². The first-order chi connectivity index (χ1) is 12.5. The molecule has 0 unspecified atom stereocenters. The molecule has 0 saturated carbocycles. The van der Waals surface area contributed by atoms with Crippen LogP contribution in [0.3, 0.4) is 0 Å². The number of halogens is 1. The van der Waals surface area contributed by atoms with Crippen molar-refractivity contribution in [1.82, 2.24) is 25.7 Å². The molecule has 0 fully saturated rings. The Balaban J connectivity index is 1.49. The molecule has 1 aromatic carbocycles. The van der Waals surface area contributed by atoms with Crippen LogP contribution in [0.2, 0.25) is 0 Å². The second-order valence-corrected chi connectivity index (χ2v) is 5.27. The average Bonchev–Trinajstić information content (AvgIpc) is 3.29. The standard InChI is InChI=1S/C15H13FN6O4/c16-10-5-3-9(4-6-10)13-19-12(26-21-13)2-1-7-17-15(23)11-8-18-20-14(11)22(24)25/h3-6,8H,1-2,7H2,(H,17,23)(H,18,20). The Morgan fingerprint density at radius 2 is 2.12 bits per heavy atom. The number of carbonyl (C=O) groups is 1. The zero-order chi connectivity index (χ0) is 18.5. The number of nitrogens with zero attached hydrogens (tertiary/aromatic N) is 4. The van der Waals surface area contributed by atoms with Gasteiger partial charge in [-0.2, -0.15) is 4.98 Å². The van der Waals surface area contributed by atoms with Crippen LogP contribution in [-0.2, 0) is 6.42 Å². The number of nitro groups is 1. The maximum atomic E-state index is 12.9. The predicted octanol–water partition coefficient (Wildman–Crippen LogP) is 1.87. The van der Waals surface area contributed by atoms with Gasteiger partial charge in [0.25, 0.3) is 5.91 Å². The second-order valence-electron chi connectivity index (χ2n) is 5.27. The molecule has 10 nitrogen and oxygen atoms in total. The van der Waals surface area contributed by atoms with Crippen molar-refractivity contribution in [3.63, 3.8) is 0 Å². The fraction of sp³-hybridized carbons (Fsp3) is 0.200. The molecule has 26 heavy (non-hydrogen) atoms. The molecule has 3 aromatic rings. The number of rotatable bonds is 7. The summed E-state index contributed by atoms with van der Waals surface area (Å²) in [5.41, 5.74) is 0.494. The molecule has 2 heterocycles. The highest BCUT2D eigenvalue weighted by Crippen LogP contribution is 2.16. The topological polar surface area (TPSA) is 140 Å². The Morgan fingerprint density at radius 1 is 1.35 bits per heavy atom. The lowest BCUT2D eigenvalue weighted by molar-refractivity contribution is -0.389. The van der Waals surface area contributed by atoms with E-state index in [0.29, 0.717) is 30.1 Å². The maximum Gasteiger partial charge on any atom is 0.355 e. The van der Waals surface area contributed by atoms with Crippen molar-refractivity contribution in [3.8, 4) is 11.4 Å². The van der Waals surface area contributed by atoms with E-state index in [9.17, 15) is 19.3 Å². The monoisotopic (exact) mass is 360 g/mol. The predicted molar refractivity (Wildman–Crippen MR) is 85.6 cm³/mol. The summed E-state index contributed by atoms with van der Waals surface area (Å²) in [6.07, 6.45) is 1.99. The highest BCUT2D eigenvalue weighted by molar-refractivity contribution is 5.97. The molecule has 134 valence electrons. The number of hydrogen-bond acceptors (Lipinski definition) is 7. The molecule has 0 aliphatic heterocycles. The van der Waals surface area contributed by atoms with Gasteiger partial charge in [0.15, 0.2) is 5.56 Å². The molecule has 0 atom stereocenters. The number of nitrogens with one attached hydrogen (secondary N) is 2. The van der Waals surface area contributed by atoms with Gasteiger partial charge < -0.3 is 20.0 Å². The van der Waals surface area contributed by atoms with E-state index >= 15 is 0 Å². The lowest BCUT2D eigenvalue weighted by Gasteiger charge is -2.02. The fourth-order valence-corrected chi connectivity index (χ4v) is 2.19. The molecule has 0 aliphatic rings. The second kappa shape index (κ2) is 7.51. The summed E-state index contributed by atoms with van der Waals surface area (Å²) in [5.74, 6) is -0.691. The van der Waals surface area contributed by atoms with Crippen molar-refractivity contribution < 1.29 is 18.6 Å². The summed E-state index contributed by atoms with van der Waals surface area (Å²) in [7, 11) is 0. The number of benzene rings is 1. The first-order valence-electron chi connectivity index (χ1n) is 7.59. The molecule has 2 aromatic heterocycles. The number of aromatic nitrogens is 4. The minimum atomic E-state index is -0.711. The van der Waals surface area contributed by atoms with Crippen molar-refractivity contribution in [2.75, 3.05) is 6.54 Å². The minimum absolute atomic E-state index is 0.133. The number of hydrogen-bond donors (Lipinski definition) is 2. The van der Waals surface area contributed by atoms with Gasteiger partial charge in [-0.15, -0.1) is 5.10 Å². The van der Waals surface area contributed by atoms with Crippen molar-refractivity contribution in [3.05, 3.63) is 57.8 Å². The quantitative estimate of drug-likeness (QED) is 0.372. The zero-order valence-corrected chi connectivity index (χ0v) is 13.3. The van der Waals surface area contributed by atoms with Crippen molar-refractivity contribution in [2.45, 2.75) is 12.8 Å². The van der Waals surface area contributed by atoms with Crippen LogP contribution in [0.1, 0.15) is 22.7 Å².